The van der Waals surface area contributed by atoms with Crippen LogP contribution in [-0.2, 0) is 4.79 Å². The highest BCUT2D eigenvalue weighted by molar-refractivity contribution is 6.33. The quantitative estimate of drug-likeness (QED) is 0.343. The van der Waals surface area contributed by atoms with E-state index in [0.717, 1.165) is 16.8 Å². The van der Waals surface area contributed by atoms with Crippen molar-refractivity contribution in [3.05, 3.63) is 64.8 Å². The molecule has 1 fully saturated rings. The minimum Gasteiger partial charge on any atom is -0.368 e. The maximum Gasteiger partial charge on any atom is 0.237 e. The molecule has 3 heterocycles. The molecule has 0 bridgehead atoms. The zero-order valence-corrected chi connectivity index (χ0v) is 22.8. The van der Waals surface area contributed by atoms with Crippen LogP contribution < -0.4 is 16.0 Å². The van der Waals surface area contributed by atoms with Gasteiger partial charge >= 0.3 is 0 Å². The van der Waals surface area contributed by atoms with Gasteiger partial charge in [0.05, 0.1) is 16.7 Å². The van der Waals surface area contributed by atoms with Gasteiger partial charge in [0, 0.05) is 35.4 Å². The van der Waals surface area contributed by atoms with Gasteiger partial charge in [-0.15, -0.1) is 17.5 Å². The second kappa shape index (κ2) is 10.8. The van der Waals surface area contributed by atoms with Crippen molar-refractivity contribution in [2.24, 2.45) is 5.73 Å². The number of nitrogens with one attached hydrogen (secondary N) is 1. The normalized spacial score (nSPS) is 15.1. The fourth-order valence-electron chi connectivity index (χ4n) is 4.90. The number of hydrogen-bond acceptors (Lipinski definition) is 6. The second-order valence-corrected chi connectivity index (χ2v) is 10.2. The van der Waals surface area contributed by atoms with Crippen LogP contribution in [0.3, 0.4) is 0 Å². The number of amides is 1. The molecule has 8 nitrogen and oxygen atoms in total. The van der Waals surface area contributed by atoms with Gasteiger partial charge < -0.3 is 16.0 Å². The van der Waals surface area contributed by atoms with Crippen molar-refractivity contribution in [1.82, 2.24) is 25.1 Å². The molecule has 1 aliphatic heterocycles. The molecule has 2 aromatic carbocycles. The van der Waals surface area contributed by atoms with E-state index in [9.17, 15) is 4.79 Å². The average molecular weight is 561 g/mol. The van der Waals surface area contributed by atoms with E-state index in [-0.39, 0.29) is 24.4 Å². The first-order valence-corrected chi connectivity index (χ1v) is 12.6. The summed E-state index contributed by atoms with van der Waals surface area (Å²) in [5.74, 6) is 1.02. The summed E-state index contributed by atoms with van der Waals surface area (Å²) in [5, 5.41) is 13.4. The van der Waals surface area contributed by atoms with E-state index in [1.807, 2.05) is 66.9 Å². The lowest BCUT2D eigenvalue weighted by Gasteiger charge is -2.41. The van der Waals surface area contributed by atoms with E-state index < -0.39 is 5.54 Å². The smallest absolute Gasteiger partial charge is 0.237 e. The summed E-state index contributed by atoms with van der Waals surface area (Å²) in [6.07, 6.45) is 2.83. The molecule has 4 aromatic rings. The maximum atomic E-state index is 12.4. The Morgan fingerprint density at radius 2 is 1.76 bits per heavy atom. The number of fused-ring (bicyclic) bond motifs is 1. The van der Waals surface area contributed by atoms with Crippen LogP contribution in [-0.4, -0.2) is 50.3 Å². The van der Waals surface area contributed by atoms with Gasteiger partial charge in [-0.05, 0) is 63.1 Å². The van der Waals surface area contributed by atoms with Crippen molar-refractivity contribution in [3.63, 3.8) is 0 Å². The number of carbonyl (C=O) groups excluding carboxylic acids is 1. The number of aromatic nitrogens is 4. The molecule has 5 rings (SSSR count). The molecule has 1 saturated heterocycles. The maximum absolute atomic E-state index is 12.4. The first-order chi connectivity index (χ1) is 17.3. The van der Waals surface area contributed by atoms with E-state index in [1.165, 1.54) is 0 Å². The highest BCUT2D eigenvalue weighted by atomic mass is 35.5. The number of primary amides is 1. The Bertz CT molecular complexity index is 1410. The van der Waals surface area contributed by atoms with Gasteiger partial charge in [-0.3, -0.25) is 9.36 Å². The molecule has 194 valence electrons. The van der Waals surface area contributed by atoms with Crippen molar-refractivity contribution in [1.29, 1.82) is 0 Å². The van der Waals surface area contributed by atoms with Crippen LogP contribution in [0, 0.1) is 0 Å². The Kier molecular flexibility index (Phi) is 7.94. The van der Waals surface area contributed by atoms with Crippen LogP contribution in [0.5, 0.6) is 0 Å². The highest BCUT2D eigenvalue weighted by Crippen LogP contribution is 2.36. The number of hydrogen-bond donors (Lipinski definition) is 2. The van der Waals surface area contributed by atoms with Gasteiger partial charge in [0.15, 0.2) is 5.82 Å². The summed E-state index contributed by atoms with van der Waals surface area (Å²) in [5.41, 5.74) is 8.25. The van der Waals surface area contributed by atoms with Crippen molar-refractivity contribution < 1.29 is 4.79 Å². The summed E-state index contributed by atoms with van der Waals surface area (Å²) in [6, 6.07) is 15.3. The van der Waals surface area contributed by atoms with Gasteiger partial charge in [0.1, 0.15) is 16.9 Å². The zero-order valence-electron chi connectivity index (χ0n) is 20.5. The monoisotopic (exact) mass is 559 g/mol. The predicted octanol–water partition coefficient (Wildman–Crippen LogP) is 5.03. The fraction of sp³-hybridized carbons (Fsp3) is 0.308. The predicted molar refractivity (Wildman–Crippen MR) is 151 cm³/mol. The van der Waals surface area contributed by atoms with Crippen LogP contribution in [0.4, 0.5) is 5.82 Å². The summed E-state index contributed by atoms with van der Waals surface area (Å²) in [7, 11) is 0. The molecule has 1 aliphatic rings. The lowest BCUT2D eigenvalue weighted by Crippen LogP contribution is -2.62. The SMILES string of the molecule is CC(C)NC1(C(N)=O)CCN(c2nncc3c2nc(-c2ccccc2Cl)n3-c2ccc(Cl)cc2)CC1.Cl. The number of imidazole rings is 1. The largest absolute Gasteiger partial charge is 0.368 e. The number of rotatable bonds is 6. The van der Waals surface area contributed by atoms with E-state index in [2.05, 4.69) is 20.4 Å². The van der Waals surface area contributed by atoms with Crippen molar-refractivity contribution >= 4 is 58.4 Å². The number of nitrogens with two attached hydrogens (primary N) is 1. The molecule has 0 unspecified atom stereocenters. The third-order valence-corrected chi connectivity index (χ3v) is 7.19. The van der Waals surface area contributed by atoms with E-state index in [0.29, 0.717) is 53.1 Å². The number of carbonyl (C=O) groups is 1. The molecule has 2 aromatic heterocycles. The summed E-state index contributed by atoms with van der Waals surface area (Å²) >= 11 is 12.8. The van der Waals surface area contributed by atoms with Gasteiger partial charge in [0.25, 0.3) is 0 Å². The minimum absolute atomic E-state index is 0. The molecule has 0 spiro atoms. The fourth-order valence-corrected chi connectivity index (χ4v) is 5.25. The van der Waals surface area contributed by atoms with Crippen LogP contribution in [0.15, 0.2) is 54.7 Å². The molecule has 37 heavy (non-hydrogen) atoms. The third kappa shape index (κ3) is 5.11. The number of piperidine rings is 1. The Labute approximate surface area is 231 Å². The molecule has 3 N–H and O–H groups in total. The Hall–Kier alpha value is -2.91. The number of nitrogens with zero attached hydrogens (tertiary/aromatic N) is 5. The second-order valence-electron chi connectivity index (χ2n) is 9.36. The van der Waals surface area contributed by atoms with Crippen LogP contribution in [0.2, 0.25) is 10.0 Å². The Morgan fingerprint density at radius 1 is 1.08 bits per heavy atom. The van der Waals surface area contributed by atoms with Gasteiger partial charge in [-0.2, -0.15) is 5.10 Å². The van der Waals surface area contributed by atoms with Gasteiger partial charge in [-0.1, -0.05) is 35.3 Å². The molecule has 1 amide bonds. The molecule has 0 saturated carbocycles. The average Bonchev–Trinajstić information content (AvgIpc) is 3.24. The van der Waals surface area contributed by atoms with Gasteiger partial charge in [-0.25, -0.2) is 4.98 Å². The highest BCUT2D eigenvalue weighted by Gasteiger charge is 2.41. The summed E-state index contributed by atoms with van der Waals surface area (Å²) < 4.78 is 2.02. The van der Waals surface area contributed by atoms with E-state index in [4.69, 9.17) is 33.9 Å². The van der Waals surface area contributed by atoms with Crippen molar-refractivity contribution in [2.45, 2.75) is 38.3 Å². The number of benzene rings is 2. The third-order valence-electron chi connectivity index (χ3n) is 6.61. The topological polar surface area (TPSA) is 102 Å². The van der Waals surface area contributed by atoms with E-state index in [1.54, 1.807) is 6.20 Å². The number of anilines is 1. The lowest BCUT2D eigenvalue weighted by atomic mass is 9.86. The first kappa shape index (κ1) is 27.1. The molecule has 0 atom stereocenters. The van der Waals surface area contributed by atoms with Gasteiger partial charge in [0.2, 0.25) is 5.91 Å². The van der Waals surface area contributed by atoms with E-state index >= 15 is 0 Å². The molecule has 0 aliphatic carbocycles. The lowest BCUT2D eigenvalue weighted by molar-refractivity contribution is -0.125. The van der Waals surface area contributed by atoms with Crippen LogP contribution >= 0.6 is 35.6 Å². The van der Waals surface area contributed by atoms with Crippen LogP contribution in [0.25, 0.3) is 28.1 Å². The summed E-state index contributed by atoms with van der Waals surface area (Å²) in [6.45, 7) is 5.21. The zero-order chi connectivity index (χ0) is 25.4. The van der Waals surface area contributed by atoms with Crippen LogP contribution in [0.1, 0.15) is 26.7 Å². The van der Waals surface area contributed by atoms with Crippen molar-refractivity contribution in [3.8, 4) is 17.1 Å². The van der Waals surface area contributed by atoms with Crippen molar-refractivity contribution in [2.75, 3.05) is 18.0 Å². The minimum atomic E-state index is -0.739. The molecular formula is C26H28Cl3N7O. The first-order valence-electron chi connectivity index (χ1n) is 11.9. The Morgan fingerprint density at radius 3 is 2.38 bits per heavy atom. The molecule has 0 radical (unpaired) electrons. The summed E-state index contributed by atoms with van der Waals surface area (Å²) in [4.78, 5) is 19.5. The molecule has 11 heteroatoms. The number of halogens is 3. The standard InChI is InChI=1S/C26H27Cl2N7O.ClH/c1-16(2)32-26(25(29)36)11-13-34(14-12-26)24-22-21(15-30-33-24)35(18-9-7-17(27)8-10-18)23(31-22)19-5-3-4-6-20(19)28;/h3-10,15-16,32H,11-14H2,1-2H3,(H2,29,36);1H. The molecular weight excluding hydrogens is 533 g/mol. The Balaban J connectivity index is 0.00000320.